The summed E-state index contributed by atoms with van der Waals surface area (Å²) in [6.45, 7) is 4.62. The summed E-state index contributed by atoms with van der Waals surface area (Å²) in [6.07, 6.45) is 1.89. The van der Waals surface area contributed by atoms with Crippen LogP contribution in [0, 0.1) is 13.8 Å². The van der Waals surface area contributed by atoms with Gasteiger partial charge in [-0.2, -0.15) is 10.2 Å². The topological polar surface area (TPSA) is 73.1 Å². The molecule has 1 aromatic heterocycles. The third kappa shape index (κ3) is 3.52. The van der Waals surface area contributed by atoms with Gasteiger partial charge in [0.2, 0.25) is 0 Å². The van der Waals surface area contributed by atoms with Crippen molar-refractivity contribution in [1.82, 2.24) is 15.6 Å². The van der Waals surface area contributed by atoms with E-state index in [1.807, 2.05) is 19.9 Å². The second kappa shape index (κ2) is 6.52. The first-order valence-electron chi connectivity index (χ1n) is 5.45. The molecule has 1 rings (SSSR count). The van der Waals surface area contributed by atoms with E-state index in [0.29, 0.717) is 0 Å². The molecule has 0 saturated carbocycles. The van der Waals surface area contributed by atoms with Gasteiger partial charge in [0.25, 0.3) is 0 Å². The van der Waals surface area contributed by atoms with E-state index in [2.05, 4.69) is 15.6 Å². The minimum absolute atomic E-state index is 0.115. The number of nitrogens with zero attached hydrogens (tertiary/aromatic N) is 2. The molecule has 0 aromatic carbocycles. The van der Waals surface area contributed by atoms with Crippen molar-refractivity contribution < 1.29 is 4.74 Å². The lowest BCUT2D eigenvalue weighted by Gasteiger charge is -2.17. The van der Waals surface area contributed by atoms with Crippen molar-refractivity contribution in [1.29, 1.82) is 0 Å². The summed E-state index contributed by atoms with van der Waals surface area (Å²) in [5.74, 6) is 5.57. The number of methoxy groups -OCH3 is 1. The van der Waals surface area contributed by atoms with Crippen LogP contribution in [0.2, 0.25) is 0 Å². The fourth-order valence-corrected chi connectivity index (χ4v) is 1.68. The highest BCUT2D eigenvalue weighted by Crippen LogP contribution is 2.20. The molecular formula is C11H20N4O. The molecule has 0 bridgehead atoms. The molecule has 1 heterocycles. The van der Waals surface area contributed by atoms with E-state index in [4.69, 9.17) is 10.6 Å². The van der Waals surface area contributed by atoms with Crippen LogP contribution in [0.4, 0.5) is 0 Å². The zero-order valence-electron chi connectivity index (χ0n) is 10.2. The van der Waals surface area contributed by atoms with Crippen molar-refractivity contribution in [2.75, 3.05) is 13.7 Å². The van der Waals surface area contributed by atoms with Crippen LogP contribution in [0.15, 0.2) is 6.07 Å². The van der Waals surface area contributed by atoms with Crippen LogP contribution in [0.1, 0.15) is 35.8 Å². The van der Waals surface area contributed by atoms with Crippen molar-refractivity contribution in [3.05, 3.63) is 23.0 Å². The fraction of sp³-hybridized carbons (Fsp3) is 0.636. The molecule has 0 saturated heterocycles. The fourth-order valence-electron chi connectivity index (χ4n) is 1.68. The van der Waals surface area contributed by atoms with Crippen molar-refractivity contribution in [2.45, 2.75) is 32.7 Å². The lowest BCUT2D eigenvalue weighted by Crippen LogP contribution is -2.29. The average Bonchev–Trinajstić information content (AvgIpc) is 2.28. The van der Waals surface area contributed by atoms with E-state index in [1.165, 1.54) is 0 Å². The molecule has 0 radical (unpaired) electrons. The van der Waals surface area contributed by atoms with Gasteiger partial charge >= 0.3 is 0 Å². The number of hydrazine groups is 1. The first-order chi connectivity index (χ1) is 7.69. The van der Waals surface area contributed by atoms with Gasteiger partial charge in [-0.05, 0) is 38.3 Å². The maximum atomic E-state index is 5.57. The quantitative estimate of drug-likeness (QED) is 0.429. The zero-order chi connectivity index (χ0) is 12.0. The minimum Gasteiger partial charge on any atom is -0.385 e. The molecule has 1 atom stereocenters. The Balaban J connectivity index is 2.73. The molecular weight excluding hydrogens is 204 g/mol. The lowest BCUT2D eigenvalue weighted by atomic mass is 10.0. The Morgan fingerprint density at radius 3 is 2.81 bits per heavy atom. The molecule has 0 aliphatic rings. The number of rotatable bonds is 6. The number of aryl methyl sites for hydroxylation is 2. The second-order valence-electron chi connectivity index (χ2n) is 3.88. The predicted molar refractivity (Wildman–Crippen MR) is 62.7 cm³/mol. The third-order valence-electron chi connectivity index (χ3n) is 2.56. The van der Waals surface area contributed by atoms with Gasteiger partial charge in [-0.25, -0.2) is 0 Å². The second-order valence-corrected chi connectivity index (χ2v) is 3.88. The van der Waals surface area contributed by atoms with Gasteiger partial charge in [0.05, 0.1) is 11.4 Å². The molecule has 0 aliphatic heterocycles. The molecule has 16 heavy (non-hydrogen) atoms. The number of hydrogen-bond donors (Lipinski definition) is 2. The summed E-state index contributed by atoms with van der Waals surface area (Å²) in [7, 11) is 1.70. The standard InChI is InChI=1S/C11H20N4O/c1-8-7-10(9(2)15-14-8)11(13-12)5-4-6-16-3/h7,11,13H,4-6,12H2,1-3H3. The molecule has 0 fully saturated rings. The third-order valence-corrected chi connectivity index (χ3v) is 2.56. The first kappa shape index (κ1) is 13.0. The highest BCUT2D eigenvalue weighted by atomic mass is 16.5. The van der Waals surface area contributed by atoms with Crippen molar-refractivity contribution in [3.63, 3.8) is 0 Å². The van der Waals surface area contributed by atoms with Crippen LogP contribution >= 0.6 is 0 Å². The van der Waals surface area contributed by atoms with Crippen molar-refractivity contribution in [2.24, 2.45) is 5.84 Å². The molecule has 3 N–H and O–H groups in total. The maximum Gasteiger partial charge on any atom is 0.0648 e. The van der Waals surface area contributed by atoms with E-state index in [-0.39, 0.29) is 6.04 Å². The van der Waals surface area contributed by atoms with Crippen LogP contribution in [-0.2, 0) is 4.74 Å². The van der Waals surface area contributed by atoms with Gasteiger partial charge in [-0.15, -0.1) is 0 Å². The number of nitrogens with two attached hydrogens (primary N) is 1. The summed E-state index contributed by atoms with van der Waals surface area (Å²) in [4.78, 5) is 0. The highest BCUT2D eigenvalue weighted by Gasteiger charge is 2.13. The van der Waals surface area contributed by atoms with Crippen LogP contribution < -0.4 is 11.3 Å². The molecule has 0 aliphatic carbocycles. The van der Waals surface area contributed by atoms with Gasteiger partial charge in [-0.3, -0.25) is 11.3 Å². The molecule has 5 heteroatoms. The Bertz CT molecular complexity index is 330. The minimum atomic E-state index is 0.115. The van der Waals surface area contributed by atoms with Gasteiger partial charge in [-0.1, -0.05) is 0 Å². The number of aromatic nitrogens is 2. The number of ether oxygens (including phenoxy) is 1. The van der Waals surface area contributed by atoms with E-state index in [1.54, 1.807) is 7.11 Å². The summed E-state index contributed by atoms with van der Waals surface area (Å²) in [6, 6.07) is 2.14. The Labute approximate surface area is 96.4 Å². The van der Waals surface area contributed by atoms with Crippen molar-refractivity contribution >= 4 is 0 Å². The lowest BCUT2D eigenvalue weighted by molar-refractivity contribution is 0.188. The zero-order valence-corrected chi connectivity index (χ0v) is 10.2. The van der Waals surface area contributed by atoms with Gasteiger partial charge in [0, 0.05) is 19.8 Å². The van der Waals surface area contributed by atoms with Gasteiger partial charge in [0.1, 0.15) is 0 Å². The summed E-state index contributed by atoms with van der Waals surface area (Å²) in [5, 5.41) is 8.11. The molecule has 5 nitrogen and oxygen atoms in total. The summed E-state index contributed by atoms with van der Waals surface area (Å²) in [5.41, 5.74) is 5.77. The Morgan fingerprint density at radius 2 is 2.19 bits per heavy atom. The predicted octanol–water partition coefficient (Wildman–Crippen LogP) is 1.02. The van der Waals surface area contributed by atoms with Gasteiger partial charge in [0.15, 0.2) is 0 Å². The van der Waals surface area contributed by atoms with E-state index in [0.717, 1.165) is 36.4 Å². The Kier molecular flexibility index (Phi) is 5.31. The monoisotopic (exact) mass is 224 g/mol. The van der Waals surface area contributed by atoms with E-state index >= 15 is 0 Å². The van der Waals surface area contributed by atoms with E-state index in [9.17, 15) is 0 Å². The Hall–Kier alpha value is -1.04. The number of hydrogen-bond acceptors (Lipinski definition) is 5. The first-order valence-corrected chi connectivity index (χ1v) is 5.45. The van der Waals surface area contributed by atoms with E-state index < -0.39 is 0 Å². The normalized spacial score (nSPS) is 12.8. The molecule has 1 unspecified atom stereocenters. The van der Waals surface area contributed by atoms with Crippen LogP contribution in [0.25, 0.3) is 0 Å². The molecule has 0 amide bonds. The average molecular weight is 224 g/mol. The van der Waals surface area contributed by atoms with Crippen LogP contribution in [0.3, 0.4) is 0 Å². The Morgan fingerprint density at radius 1 is 1.44 bits per heavy atom. The smallest absolute Gasteiger partial charge is 0.0648 e. The molecule has 0 spiro atoms. The van der Waals surface area contributed by atoms with Gasteiger partial charge < -0.3 is 4.74 Å². The number of nitrogens with one attached hydrogen (secondary N) is 1. The van der Waals surface area contributed by atoms with Crippen LogP contribution in [-0.4, -0.2) is 23.9 Å². The molecule has 90 valence electrons. The molecule has 1 aromatic rings. The SMILES string of the molecule is COCCCC(NN)c1cc(C)nnc1C. The summed E-state index contributed by atoms with van der Waals surface area (Å²) < 4.78 is 5.03. The maximum absolute atomic E-state index is 5.57. The summed E-state index contributed by atoms with van der Waals surface area (Å²) >= 11 is 0. The largest absolute Gasteiger partial charge is 0.385 e. The highest BCUT2D eigenvalue weighted by molar-refractivity contribution is 5.23. The van der Waals surface area contributed by atoms with Crippen molar-refractivity contribution in [3.8, 4) is 0 Å². The van der Waals surface area contributed by atoms with Crippen LogP contribution in [0.5, 0.6) is 0 Å².